The van der Waals surface area contributed by atoms with Gasteiger partial charge in [-0.15, -0.1) is 0 Å². The van der Waals surface area contributed by atoms with Gasteiger partial charge >= 0.3 is 5.97 Å². The Hall–Kier alpha value is -0.790. The van der Waals surface area contributed by atoms with Crippen molar-refractivity contribution in [1.82, 2.24) is 0 Å². The normalized spacial score (nSPS) is 33.7. The molecule has 3 aliphatic carbocycles. The molecule has 0 N–H and O–H groups in total. The predicted molar refractivity (Wildman–Crippen MR) is 54.5 cm³/mol. The van der Waals surface area contributed by atoms with E-state index in [0.717, 1.165) is 12.2 Å². The molecule has 1 saturated carbocycles. The molecule has 2 nitrogen and oxygen atoms in total. The second-order valence-corrected chi connectivity index (χ2v) is 5.21. The van der Waals surface area contributed by atoms with Crippen molar-refractivity contribution in [2.75, 3.05) is 0 Å². The molecule has 2 bridgehead atoms. The lowest BCUT2D eigenvalue weighted by Gasteiger charge is -2.56. The Morgan fingerprint density at radius 3 is 2.57 bits per heavy atom. The minimum atomic E-state index is -0.182. The van der Waals surface area contributed by atoms with E-state index < -0.39 is 0 Å². The van der Waals surface area contributed by atoms with E-state index in [-0.39, 0.29) is 5.97 Å². The van der Waals surface area contributed by atoms with Gasteiger partial charge in [-0.05, 0) is 36.2 Å². The van der Waals surface area contributed by atoms with Crippen LogP contribution in [0, 0.1) is 17.3 Å². The van der Waals surface area contributed by atoms with Gasteiger partial charge in [-0.3, -0.25) is 4.79 Å². The highest BCUT2D eigenvalue weighted by Gasteiger charge is 2.52. The third-order valence-corrected chi connectivity index (χ3v) is 4.13. The summed E-state index contributed by atoms with van der Waals surface area (Å²) in [6, 6.07) is 0. The van der Waals surface area contributed by atoms with Gasteiger partial charge in [0.15, 0.2) is 0 Å². The standard InChI is InChI=1S/C12H18O2/c1-7-10-5-9(12(10,3)4)6-11(7)14-8(2)13/h9-10H,5-6H2,1-4H3/t9-,10-/m1/s1. The zero-order chi connectivity index (χ0) is 10.5. The third-order valence-electron chi connectivity index (χ3n) is 4.13. The Kier molecular flexibility index (Phi) is 1.98. The zero-order valence-corrected chi connectivity index (χ0v) is 9.39. The molecule has 0 radical (unpaired) electrons. The predicted octanol–water partition coefficient (Wildman–Crippen LogP) is 2.89. The molecule has 0 aliphatic heterocycles. The Balaban J connectivity index is 2.22. The first-order valence-corrected chi connectivity index (χ1v) is 5.31. The molecule has 78 valence electrons. The van der Waals surface area contributed by atoms with E-state index >= 15 is 0 Å². The summed E-state index contributed by atoms with van der Waals surface area (Å²) in [7, 11) is 0. The van der Waals surface area contributed by atoms with Crippen LogP contribution in [0.3, 0.4) is 0 Å². The van der Waals surface area contributed by atoms with Crippen molar-refractivity contribution in [1.29, 1.82) is 0 Å². The molecule has 3 aliphatic rings. The van der Waals surface area contributed by atoms with E-state index in [1.165, 1.54) is 18.9 Å². The van der Waals surface area contributed by atoms with Gasteiger partial charge in [0.25, 0.3) is 0 Å². The Labute approximate surface area is 85.3 Å². The Morgan fingerprint density at radius 2 is 2.14 bits per heavy atom. The molecule has 3 rings (SSSR count). The van der Waals surface area contributed by atoms with E-state index in [2.05, 4.69) is 20.8 Å². The topological polar surface area (TPSA) is 26.3 Å². The SMILES string of the molecule is CC(=O)OC1=C(C)[C@H]2C[C@H](C1)C2(C)C. The molecule has 0 amide bonds. The summed E-state index contributed by atoms with van der Waals surface area (Å²) in [5, 5.41) is 0. The summed E-state index contributed by atoms with van der Waals surface area (Å²) in [6.07, 6.45) is 2.23. The molecular weight excluding hydrogens is 176 g/mol. The number of carbonyl (C=O) groups excluding carboxylic acids is 1. The van der Waals surface area contributed by atoms with Crippen LogP contribution in [-0.2, 0) is 9.53 Å². The van der Waals surface area contributed by atoms with Crippen LogP contribution < -0.4 is 0 Å². The number of hydrogen-bond donors (Lipinski definition) is 0. The van der Waals surface area contributed by atoms with Crippen LogP contribution in [0.4, 0.5) is 0 Å². The fourth-order valence-electron chi connectivity index (χ4n) is 2.97. The first-order chi connectivity index (χ1) is 6.43. The molecule has 2 heteroatoms. The van der Waals surface area contributed by atoms with Crippen molar-refractivity contribution < 1.29 is 9.53 Å². The summed E-state index contributed by atoms with van der Waals surface area (Å²) < 4.78 is 5.24. The molecule has 0 aromatic heterocycles. The number of fused-ring (bicyclic) bond motifs is 1. The summed E-state index contributed by atoms with van der Waals surface area (Å²) in [6.45, 7) is 8.23. The van der Waals surface area contributed by atoms with Gasteiger partial charge < -0.3 is 4.74 Å². The molecule has 14 heavy (non-hydrogen) atoms. The van der Waals surface area contributed by atoms with Crippen LogP contribution in [0.2, 0.25) is 0 Å². The van der Waals surface area contributed by atoms with Crippen molar-refractivity contribution in [2.45, 2.75) is 40.5 Å². The lowest BCUT2D eigenvalue weighted by atomic mass is 9.48. The quantitative estimate of drug-likeness (QED) is 0.600. The summed E-state index contributed by atoms with van der Waals surface area (Å²) >= 11 is 0. The van der Waals surface area contributed by atoms with Crippen molar-refractivity contribution in [3.63, 3.8) is 0 Å². The molecule has 0 spiro atoms. The van der Waals surface area contributed by atoms with Gasteiger partial charge in [0, 0.05) is 13.3 Å². The van der Waals surface area contributed by atoms with Crippen molar-refractivity contribution >= 4 is 5.97 Å². The molecule has 2 atom stereocenters. The maximum absolute atomic E-state index is 10.9. The summed E-state index contributed by atoms with van der Waals surface area (Å²) in [5.74, 6) is 2.11. The number of esters is 1. The van der Waals surface area contributed by atoms with E-state index in [1.54, 1.807) is 0 Å². The van der Waals surface area contributed by atoms with E-state index in [9.17, 15) is 4.79 Å². The monoisotopic (exact) mass is 194 g/mol. The number of ether oxygens (including phenoxy) is 1. The van der Waals surface area contributed by atoms with Crippen molar-refractivity contribution in [2.24, 2.45) is 17.3 Å². The first kappa shape index (κ1) is 9.75. The number of hydrogen-bond acceptors (Lipinski definition) is 2. The largest absolute Gasteiger partial charge is 0.431 e. The van der Waals surface area contributed by atoms with Crippen LogP contribution in [0.1, 0.15) is 40.5 Å². The molecule has 0 saturated heterocycles. The van der Waals surface area contributed by atoms with Gasteiger partial charge in [-0.25, -0.2) is 0 Å². The molecule has 0 aromatic carbocycles. The fraction of sp³-hybridized carbons (Fsp3) is 0.750. The van der Waals surface area contributed by atoms with Gasteiger partial charge in [0.05, 0.1) is 0 Å². The maximum Gasteiger partial charge on any atom is 0.307 e. The van der Waals surface area contributed by atoms with Gasteiger partial charge in [-0.2, -0.15) is 0 Å². The molecular formula is C12H18O2. The fourth-order valence-corrected chi connectivity index (χ4v) is 2.97. The average Bonchev–Trinajstić information content (AvgIpc) is 2.06. The molecule has 0 heterocycles. The second-order valence-electron chi connectivity index (χ2n) is 5.21. The minimum absolute atomic E-state index is 0.182. The van der Waals surface area contributed by atoms with Gasteiger partial charge in [-0.1, -0.05) is 13.8 Å². The second kappa shape index (κ2) is 2.85. The van der Waals surface area contributed by atoms with Crippen LogP contribution in [0.5, 0.6) is 0 Å². The van der Waals surface area contributed by atoms with Gasteiger partial charge in [0.1, 0.15) is 5.76 Å². The third kappa shape index (κ3) is 1.20. The zero-order valence-electron chi connectivity index (χ0n) is 9.39. The highest BCUT2D eigenvalue weighted by molar-refractivity contribution is 5.67. The Morgan fingerprint density at radius 1 is 1.50 bits per heavy atom. The average molecular weight is 194 g/mol. The summed E-state index contributed by atoms with van der Waals surface area (Å²) in [4.78, 5) is 10.9. The van der Waals surface area contributed by atoms with E-state index in [0.29, 0.717) is 17.3 Å². The smallest absolute Gasteiger partial charge is 0.307 e. The number of carbonyl (C=O) groups is 1. The van der Waals surface area contributed by atoms with Gasteiger partial charge in [0.2, 0.25) is 0 Å². The first-order valence-electron chi connectivity index (χ1n) is 5.31. The molecule has 0 unspecified atom stereocenters. The minimum Gasteiger partial charge on any atom is -0.431 e. The summed E-state index contributed by atoms with van der Waals surface area (Å²) in [5.41, 5.74) is 1.72. The maximum atomic E-state index is 10.9. The lowest BCUT2D eigenvalue weighted by molar-refractivity contribution is -0.139. The van der Waals surface area contributed by atoms with Crippen LogP contribution in [0.25, 0.3) is 0 Å². The molecule has 1 fully saturated rings. The van der Waals surface area contributed by atoms with Crippen molar-refractivity contribution in [3.8, 4) is 0 Å². The van der Waals surface area contributed by atoms with Crippen LogP contribution >= 0.6 is 0 Å². The highest BCUT2D eigenvalue weighted by Crippen LogP contribution is 2.60. The van der Waals surface area contributed by atoms with E-state index in [1.807, 2.05) is 0 Å². The van der Waals surface area contributed by atoms with Crippen molar-refractivity contribution in [3.05, 3.63) is 11.3 Å². The van der Waals surface area contributed by atoms with E-state index in [4.69, 9.17) is 4.74 Å². The molecule has 0 aromatic rings. The number of allylic oxidation sites excluding steroid dienone is 2. The lowest BCUT2D eigenvalue weighted by Crippen LogP contribution is -2.49. The highest BCUT2D eigenvalue weighted by atomic mass is 16.5. The number of rotatable bonds is 1. The van der Waals surface area contributed by atoms with Crippen LogP contribution in [-0.4, -0.2) is 5.97 Å². The Bertz CT molecular complexity index is 312. The van der Waals surface area contributed by atoms with Crippen LogP contribution in [0.15, 0.2) is 11.3 Å².